The molecule has 1 amide bonds. The number of hydrogen-bond donors (Lipinski definition) is 0. The molecule has 0 spiro atoms. The first kappa shape index (κ1) is 30.6. The van der Waals surface area contributed by atoms with Gasteiger partial charge in [-0.3, -0.25) is 14.2 Å². The van der Waals surface area contributed by atoms with E-state index in [0.29, 0.717) is 49.1 Å². The van der Waals surface area contributed by atoms with Crippen LogP contribution in [-0.2, 0) is 14.3 Å². The van der Waals surface area contributed by atoms with Gasteiger partial charge < -0.3 is 19.1 Å². The molecule has 0 radical (unpaired) electrons. The number of nitrogens with zero attached hydrogens (tertiary/aromatic N) is 3. The summed E-state index contributed by atoms with van der Waals surface area (Å²) in [5.41, 5.74) is 1.92. The quantitative estimate of drug-likeness (QED) is 0.313. The predicted molar refractivity (Wildman–Crippen MR) is 165 cm³/mol. The predicted octanol–water partition coefficient (Wildman–Crippen LogP) is 4.24. The van der Waals surface area contributed by atoms with E-state index < -0.39 is 12.0 Å². The van der Waals surface area contributed by atoms with Crippen molar-refractivity contribution >= 4 is 40.9 Å². The van der Waals surface area contributed by atoms with Crippen molar-refractivity contribution in [3.8, 4) is 11.5 Å². The fraction of sp³-hybridized carbons (Fsp3) is 0.375. The van der Waals surface area contributed by atoms with Crippen LogP contribution in [-0.4, -0.2) is 54.8 Å². The standard InChI is InChI=1S/C32H34ClN3O6S/c1-4-8-24-28(31(39)41-5-2)29(23-18-21(33)11-14-25(23)40-3)36-30(38)26(43-32(36)34-24)17-20-9-12-22(13-10-20)42-19-27(37)35-15-6-7-16-35/h9-14,17-18,29H,4-8,15-16,19H2,1-3H3/b26-17-/t29-/m1/s1. The maximum Gasteiger partial charge on any atom is 0.338 e. The third-order valence-electron chi connectivity index (χ3n) is 7.38. The summed E-state index contributed by atoms with van der Waals surface area (Å²) in [4.78, 5) is 46.8. The Bertz CT molecular complexity index is 1720. The Kier molecular flexibility index (Phi) is 9.67. The molecule has 2 aromatic carbocycles. The van der Waals surface area contributed by atoms with Crippen LogP contribution < -0.4 is 24.4 Å². The monoisotopic (exact) mass is 623 g/mol. The molecule has 1 saturated heterocycles. The number of methoxy groups -OCH3 is 1. The normalized spacial score (nSPS) is 16.6. The van der Waals surface area contributed by atoms with Crippen LogP contribution >= 0.6 is 22.9 Å². The maximum absolute atomic E-state index is 14.0. The number of esters is 1. The van der Waals surface area contributed by atoms with Crippen LogP contribution in [0.4, 0.5) is 0 Å². The molecule has 1 aromatic heterocycles. The average molecular weight is 624 g/mol. The topological polar surface area (TPSA) is 99.4 Å². The summed E-state index contributed by atoms with van der Waals surface area (Å²) in [6.07, 6.45) is 5.11. The number of hydrogen-bond acceptors (Lipinski definition) is 8. The number of likely N-dealkylation sites (tertiary alicyclic amines) is 1. The highest BCUT2D eigenvalue weighted by Crippen LogP contribution is 2.38. The number of allylic oxidation sites excluding steroid dienone is 1. The minimum Gasteiger partial charge on any atom is -0.496 e. The molecule has 1 atom stereocenters. The zero-order valence-corrected chi connectivity index (χ0v) is 26.0. The van der Waals surface area contributed by atoms with E-state index in [0.717, 1.165) is 37.9 Å². The van der Waals surface area contributed by atoms with Crippen LogP contribution in [0.2, 0.25) is 5.02 Å². The number of aromatic nitrogens is 1. The Morgan fingerprint density at radius 2 is 1.86 bits per heavy atom. The number of halogens is 1. The molecule has 226 valence electrons. The summed E-state index contributed by atoms with van der Waals surface area (Å²) in [7, 11) is 1.53. The molecule has 1 fully saturated rings. The molecule has 9 nitrogen and oxygen atoms in total. The molecule has 2 aliphatic rings. The molecule has 11 heteroatoms. The van der Waals surface area contributed by atoms with Gasteiger partial charge in [0.25, 0.3) is 11.5 Å². The number of ether oxygens (including phenoxy) is 3. The molecule has 0 N–H and O–H groups in total. The molecule has 43 heavy (non-hydrogen) atoms. The second-order valence-electron chi connectivity index (χ2n) is 10.2. The first-order valence-electron chi connectivity index (χ1n) is 14.4. The number of fused-ring (bicyclic) bond motifs is 1. The van der Waals surface area contributed by atoms with E-state index in [1.54, 1.807) is 43.3 Å². The summed E-state index contributed by atoms with van der Waals surface area (Å²) < 4.78 is 18.8. The van der Waals surface area contributed by atoms with E-state index in [9.17, 15) is 14.4 Å². The third-order valence-corrected chi connectivity index (χ3v) is 8.60. The molecule has 0 saturated carbocycles. The van der Waals surface area contributed by atoms with Gasteiger partial charge in [0.2, 0.25) is 0 Å². The smallest absolute Gasteiger partial charge is 0.338 e. The second kappa shape index (κ2) is 13.6. The van der Waals surface area contributed by atoms with Crippen molar-refractivity contribution in [1.29, 1.82) is 0 Å². The highest BCUT2D eigenvalue weighted by molar-refractivity contribution is 7.07. The van der Waals surface area contributed by atoms with E-state index >= 15 is 0 Å². The molecule has 0 unspecified atom stereocenters. The summed E-state index contributed by atoms with van der Waals surface area (Å²) >= 11 is 7.66. The van der Waals surface area contributed by atoms with E-state index in [1.165, 1.54) is 23.0 Å². The van der Waals surface area contributed by atoms with E-state index in [-0.39, 0.29) is 24.7 Å². The Morgan fingerprint density at radius 1 is 1.12 bits per heavy atom. The first-order chi connectivity index (χ1) is 20.8. The van der Waals surface area contributed by atoms with Crippen LogP contribution in [0.15, 0.2) is 63.5 Å². The largest absolute Gasteiger partial charge is 0.496 e. The van der Waals surface area contributed by atoms with E-state index in [2.05, 4.69) is 0 Å². The molecule has 5 rings (SSSR count). The zero-order valence-electron chi connectivity index (χ0n) is 24.4. The van der Waals surface area contributed by atoms with Crippen LogP contribution in [0.5, 0.6) is 11.5 Å². The molecule has 3 aromatic rings. The second-order valence-corrected chi connectivity index (χ2v) is 11.7. The van der Waals surface area contributed by atoms with Gasteiger partial charge in [0.15, 0.2) is 11.4 Å². The number of carbonyl (C=O) groups excluding carboxylic acids is 2. The Hall–Kier alpha value is -3.89. The highest BCUT2D eigenvalue weighted by Gasteiger charge is 2.36. The minimum atomic E-state index is -0.837. The summed E-state index contributed by atoms with van der Waals surface area (Å²) in [6, 6.07) is 11.5. The summed E-state index contributed by atoms with van der Waals surface area (Å²) in [5, 5.41) is 0.444. The third kappa shape index (κ3) is 6.55. The van der Waals surface area contributed by atoms with Crippen molar-refractivity contribution in [2.45, 2.75) is 45.6 Å². The van der Waals surface area contributed by atoms with Crippen LogP contribution in [0.3, 0.4) is 0 Å². The van der Waals surface area contributed by atoms with Gasteiger partial charge in [-0.15, -0.1) is 0 Å². The maximum atomic E-state index is 14.0. The van der Waals surface area contributed by atoms with Crippen LogP contribution in [0.1, 0.15) is 56.7 Å². The Balaban J connectivity index is 1.54. The molecular weight excluding hydrogens is 590 g/mol. The summed E-state index contributed by atoms with van der Waals surface area (Å²) in [5.74, 6) is 0.512. The molecule has 0 aliphatic carbocycles. The van der Waals surface area contributed by atoms with Gasteiger partial charge in [-0.2, -0.15) is 0 Å². The van der Waals surface area contributed by atoms with Gasteiger partial charge in [-0.25, -0.2) is 9.79 Å². The fourth-order valence-electron chi connectivity index (χ4n) is 5.35. The van der Waals surface area contributed by atoms with Gasteiger partial charge in [-0.1, -0.05) is 48.4 Å². The lowest BCUT2D eigenvalue weighted by atomic mass is 9.93. The van der Waals surface area contributed by atoms with Crippen molar-refractivity contribution in [2.75, 3.05) is 33.4 Å². The lowest BCUT2D eigenvalue weighted by Gasteiger charge is -2.27. The number of carbonyl (C=O) groups is 2. The lowest BCUT2D eigenvalue weighted by Crippen LogP contribution is -2.40. The molecular formula is C32H34ClN3O6S. The van der Waals surface area contributed by atoms with Crippen LogP contribution in [0, 0.1) is 0 Å². The van der Waals surface area contributed by atoms with Crippen LogP contribution in [0.25, 0.3) is 6.08 Å². The van der Waals surface area contributed by atoms with Crippen molar-refractivity contribution in [2.24, 2.45) is 4.99 Å². The van der Waals surface area contributed by atoms with E-state index in [1.807, 2.05) is 24.0 Å². The van der Waals surface area contributed by atoms with Gasteiger partial charge in [0, 0.05) is 23.7 Å². The van der Waals surface area contributed by atoms with Crippen molar-refractivity contribution in [3.05, 3.63) is 89.6 Å². The summed E-state index contributed by atoms with van der Waals surface area (Å²) in [6.45, 7) is 5.48. The van der Waals surface area contributed by atoms with Gasteiger partial charge in [0.05, 0.1) is 29.5 Å². The highest BCUT2D eigenvalue weighted by atomic mass is 35.5. The number of amides is 1. The van der Waals surface area contributed by atoms with Gasteiger partial charge >= 0.3 is 5.97 Å². The lowest BCUT2D eigenvalue weighted by molar-refractivity contribution is -0.139. The Morgan fingerprint density at radius 3 is 2.53 bits per heavy atom. The number of rotatable bonds is 10. The van der Waals surface area contributed by atoms with Gasteiger partial charge in [-0.05, 0) is 68.2 Å². The number of benzene rings is 2. The van der Waals surface area contributed by atoms with Gasteiger partial charge in [0.1, 0.15) is 17.5 Å². The fourth-order valence-corrected chi connectivity index (χ4v) is 6.55. The molecule has 3 heterocycles. The van der Waals surface area contributed by atoms with Crippen molar-refractivity contribution in [3.63, 3.8) is 0 Å². The minimum absolute atomic E-state index is 0.00615. The first-order valence-corrected chi connectivity index (χ1v) is 15.6. The molecule has 0 bridgehead atoms. The average Bonchev–Trinajstić information content (AvgIpc) is 3.65. The zero-order chi connectivity index (χ0) is 30.5. The molecule has 2 aliphatic heterocycles. The van der Waals surface area contributed by atoms with Crippen molar-refractivity contribution in [1.82, 2.24) is 9.47 Å². The number of thiazole rings is 1. The van der Waals surface area contributed by atoms with Crippen molar-refractivity contribution < 1.29 is 23.8 Å². The Labute approximate surface area is 258 Å². The SMILES string of the molecule is CCCC1=C(C(=O)OCC)[C@@H](c2cc(Cl)ccc2OC)n2c(s/c(=C\c3ccc(OCC(=O)N4CCCC4)cc3)c2=O)=N1. The van der Waals surface area contributed by atoms with E-state index in [4.69, 9.17) is 30.8 Å².